The molecule has 0 fully saturated rings. The van der Waals surface area contributed by atoms with Gasteiger partial charge >= 0.3 is 11.7 Å². The molecule has 31 heavy (non-hydrogen) atoms. The van der Waals surface area contributed by atoms with Gasteiger partial charge in [-0.15, -0.1) is 0 Å². The number of fused-ring (bicyclic) bond motifs is 1. The lowest BCUT2D eigenvalue weighted by molar-refractivity contribution is -0.124. The standard InChI is InChI=1S/C20H19F2NO7S/c21-20(22)31(26,27)15-4-2-14(3-5-15)19(25)30-12-18(24)23-8-7-13-1-6-16-17(11-13)29-10-9-28-16/h1-6,11,20H,7-10,12H2,(H,23,24). The molecule has 0 bridgehead atoms. The van der Waals surface area contributed by atoms with Gasteiger partial charge in [0.1, 0.15) is 13.2 Å². The summed E-state index contributed by atoms with van der Waals surface area (Å²) in [6, 6.07) is 9.33. The molecule has 2 aromatic rings. The smallest absolute Gasteiger partial charge is 0.341 e. The summed E-state index contributed by atoms with van der Waals surface area (Å²) < 4.78 is 63.6. The van der Waals surface area contributed by atoms with Crippen LogP contribution in [0.1, 0.15) is 15.9 Å². The second-order valence-electron chi connectivity index (χ2n) is 6.48. The van der Waals surface area contributed by atoms with E-state index in [1.807, 2.05) is 12.1 Å². The number of rotatable bonds is 8. The maximum Gasteiger partial charge on any atom is 0.341 e. The second kappa shape index (κ2) is 9.73. The summed E-state index contributed by atoms with van der Waals surface area (Å²) >= 11 is 0. The zero-order valence-corrected chi connectivity index (χ0v) is 17.0. The Balaban J connectivity index is 1.43. The van der Waals surface area contributed by atoms with E-state index in [0.29, 0.717) is 37.7 Å². The molecule has 1 amide bonds. The van der Waals surface area contributed by atoms with Gasteiger partial charge in [0.25, 0.3) is 5.91 Å². The summed E-state index contributed by atoms with van der Waals surface area (Å²) in [5.74, 6) is -3.65. The molecule has 0 atom stereocenters. The molecule has 0 spiro atoms. The Morgan fingerprint density at radius 1 is 1.03 bits per heavy atom. The highest BCUT2D eigenvalue weighted by atomic mass is 32.2. The van der Waals surface area contributed by atoms with Crippen LogP contribution >= 0.6 is 0 Å². The van der Waals surface area contributed by atoms with Crippen LogP contribution in [0.2, 0.25) is 0 Å². The van der Waals surface area contributed by atoms with Crippen LogP contribution in [0.15, 0.2) is 47.4 Å². The molecule has 166 valence electrons. The number of carbonyl (C=O) groups excluding carboxylic acids is 2. The van der Waals surface area contributed by atoms with E-state index < -0.39 is 39.0 Å². The van der Waals surface area contributed by atoms with Crippen LogP contribution in [-0.4, -0.2) is 52.4 Å². The number of carbonyl (C=O) groups is 2. The predicted octanol–water partition coefficient (Wildman–Crippen LogP) is 1.97. The highest BCUT2D eigenvalue weighted by Gasteiger charge is 2.26. The fourth-order valence-electron chi connectivity index (χ4n) is 2.74. The molecule has 0 aromatic heterocycles. The average molecular weight is 455 g/mol. The largest absolute Gasteiger partial charge is 0.486 e. The molecule has 1 aliphatic rings. The van der Waals surface area contributed by atoms with E-state index >= 15 is 0 Å². The lowest BCUT2D eigenvalue weighted by Gasteiger charge is -2.18. The quantitative estimate of drug-likeness (QED) is 0.607. The summed E-state index contributed by atoms with van der Waals surface area (Å²) in [5.41, 5.74) is 0.859. The predicted molar refractivity (Wildman–Crippen MR) is 104 cm³/mol. The van der Waals surface area contributed by atoms with Crippen LogP contribution in [0, 0.1) is 0 Å². The number of alkyl halides is 2. The van der Waals surface area contributed by atoms with E-state index in [4.69, 9.17) is 14.2 Å². The van der Waals surface area contributed by atoms with E-state index in [0.717, 1.165) is 29.8 Å². The normalized spacial score (nSPS) is 13.0. The number of hydrogen-bond donors (Lipinski definition) is 1. The molecule has 3 rings (SSSR count). The Morgan fingerprint density at radius 3 is 2.39 bits per heavy atom. The Hall–Kier alpha value is -3.21. The monoisotopic (exact) mass is 455 g/mol. The van der Waals surface area contributed by atoms with Gasteiger partial charge in [-0.3, -0.25) is 4.79 Å². The van der Waals surface area contributed by atoms with Crippen LogP contribution in [0.5, 0.6) is 11.5 Å². The number of ether oxygens (including phenoxy) is 3. The molecule has 2 aromatic carbocycles. The lowest BCUT2D eigenvalue weighted by atomic mass is 10.1. The first-order chi connectivity index (χ1) is 14.8. The average Bonchev–Trinajstić information content (AvgIpc) is 2.77. The van der Waals surface area contributed by atoms with Crippen molar-refractivity contribution < 1.29 is 41.0 Å². The fourth-order valence-corrected chi connectivity index (χ4v) is 3.46. The van der Waals surface area contributed by atoms with Gasteiger partial charge in [-0.05, 0) is 48.4 Å². The minimum atomic E-state index is -4.75. The number of amides is 1. The molecule has 11 heteroatoms. The third-order valence-corrected chi connectivity index (χ3v) is 5.73. The van der Waals surface area contributed by atoms with Crippen molar-refractivity contribution in [1.82, 2.24) is 5.32 Å². The van der Waals surface area contributed by atoms with Crippen LogP contribution < -0.4 is 14.8 Å². The summed E-state index contributed by atoms with van der Waals surface area (Å²) in [6.45, 7) is 0.733. The van der Waals surface area contributed by atoms with Crippen molar-refractivity contribution in [2.75, 3.05) is 26.4 Å². The van der Waals surface area contributed by atoms with Crippen molar-refractivity contribution in [3.63, 3.8) is 0 Å². The van der Waals surface area contributed by atoms with Gasteiger partial charge in [0.05, 0.1) is 10.5 Å². The zero-order valence-electron chi connectivity index (χ0n) is 16.2. The van der Waals surface area contributed by atoms with Crippen LogP contribution in [0.25, 0.3) is 0 Å². The minimum absolute atomic E-state index is 0.0719. The fraction of sp³-hybridized carbons (Fsp3) is 0.300. The van der Waals surface area contributed by atoms with Crippen molar-refractivity contribution in [3.05, 3.63) is 53.6 Å². The molecular weight excluding hydrogens is 436 g/mol. The van der Waals surface area contributed by atoms with E-state index in [2.05, 4.69) is 5.32 Å². The van der Waals surface area contributed by atoms with Crippen molar-refractivity contribution in [1.29, 1.82) is 0 Å². The number of nitrogens with one attached hydrogen (secondary N) is 1. The van der Waals surface area contributed by atoms with Gasteiger partial charge in [-0.1, -0.05) is 6.07 Å². The topological polar surface area (TPSA) is 108 Å². The molecule has 1 heterocycles. The van der Waals surface area contributed by atoms with Gasteiger partial charge in [0.2, 0.25) is 9.84 Å². The number of halogens is 2. The lowest BCUT2D eigenvalue weighted by Crippen LogP contribution is -2.30. The van der Waals surface area contributed by atoms with Crippen molar-refractivity contribution in [2.24, 2.45) is 0 Å². The molecule has 1 aliphatic heterocycles. The third kappa shape index (κ3) is 5.69. The van der Waals surface area contributed by atoms with Crippen molar-refractivity contribution in [3.8, 4) is 11.5 Å². The van der Waals surface area contributed by atoms with E-state index in [1.54, 1.807) is 6.07 Å². The maximum absolute atomic E-state index is 12.5. The molecule has 0 unspecified atom stereocenters. The summed E-state index contributed by atoms with van der Waals surface area (Å²) in [6.07, 6.45) is 0.524. The third-order valence-electron chi connectivity index (χ3n) is 4.33. The molecule has 0 radical (unpaired) electrons. The molecule has 0 aliphatic carbocycles. The molecular formula is C20H19F2NO7S. The number of benzene rings is 2. The van der Waals surface area contributed by atoms with E-state index in [1.165, 1.54) is 0 Å². The van der Waals surface area contributed by atoms with Crippen LogP contribution in [0.3, 0.4) is 0 Å². The Labute approximate surface area is 177 Å². The van der Waals surface area contributed by atoms with Crippen LogP contribution in [0.4, 0.5) is 8.78 Å². The van der Waals surface area contributed by atoms with Crippen molar-refractivity contribution in [2.45, 2.75) is 17.1 Å². The van der Waals surface area contributed by atoms with Gasteiger partial charge in [-0.25, -0.2) is 13.2 Å². The molecule has 8 nitrogen and oxygen atoms in total. The maximum atomic E-state index is 12.5. The first-order valence-corrected chi connectivity index (χ1v) is 10.8. The van der Waals surface area contributed by atoms with Gasteiger partial charge in [-0.2, -0.15) is 8.78 Å². The van der Waals surface area contributed by atoms with Gasteiger partial charge in [0.15, 0.2) is 18.1 Å². The molecule has 0 saturated carbocycles. The first-order valence-electron chi connectivity index (χ1n) is 9.22. The minimum Gasteiger partial charge on any atom is -0.486 e. The van der Waals surface area contributed by atoms with Gasteiger partial charge in [0, 0.05) is 6.54 Å². The summed E-state index contributed by atoms with van der Waals surface area (Å²) in [4.78, 5) is 23.2. The number of esters is 1. The highest BCUT2D eigenvalue weighted by molar-refractivity contribution is 7.91. The highest BCUT2D eigenvalue weighted by Crippen LogP contribution is 2.30. The van der Waals surface area contributed by atoms with Gasteiger partial charge < -0.3 is 19.5 Å². The Morgan fingerprint density at radius 2 is 1.71 bits per heavy atom. The second-order valence-corrected chi connectivity index (χ2v) is 8.40. The van der Waals surface area contributed by atoms with E-state index in [-0.39, 0.29) is 5.56 Å². The SMILES string of the molecule is O=C(COC(=O)c1ccc(S(=O)(=O)C(F)F)cc1)NCCc1ccc2c(c1)OCCO2. The summed E-state index contributed by atoms with van der Waals surface area (Å²) in [5, 5.41) is 2.61. The first kappa shape index (κ1) is 22.5. The Bertz CT molecular complexity index is 1060. The molecule has 0 saturated heterocycles. The van der Waals surface area contributed by atoms with E-state index in [9.17, 15) is 26.8 Å². The Kier molecular flexibility index (Phi) is 7.06. The zero-order chi connectivity index (χ0) is 22.4. The summed E-state index contributed by atoms with van der Waals surface area (Å²) in [7, 11) is -4.75. The molecule has 1 N–H and O–H groups in total. The van der Waals surface area contributed by atoms with Crippen LogP contribution in [-0.2, 0) is 25.8 Å². The number of hydrogen-bond acceptors (Lipinski definition) is 7. The number of sulfone groups is 1. The van der Waals surface area contributed by atoms with Crippen molar-refractivity contribution >= 4 is 21.7 Å².